The van der Waals surface area contributed by atoms with E-state index in [-0.39, 0.29) is 5.69 Å². The molecule has 1 aromatic heterocycles. The van der Waals surface area contributed by atoms with E-state index in [4.69, 9.17) is 10.5 Å². The monoisotopic (exact) mass is 440 g/mol. The summed E-state index contributed by atoms with van der Waals surface area (Å²) in [7, 11) is 1.65. The Morgan fingerprint density at radius 1 is 1.25 bits per heavy atom. The molecule has 1 aliphatic rings. The van der Waals surface area contributed by atoms with Crippen molar-refractivity contribution >= 4 is 38.4 Å². The SMILES string of the molecule is COc1ccc(Br)cc1-c1ccc2c(NCCC3CC3)c(C(N)=O)nnc2c1. The molecule has 1 amide bonds. The minimum absolute atomic E-state index is 0.177. The van der Waals surface area contributed by atoms with Crippen molar-refractivity contribution in [1.82, 2.24) is 10.2 Å². The first-order valence-corrected chi connectivity index (χ1v) is 10.0. The molecule has 0 saturated heterocycles. The number of amides is 1. The van der Waals surface area contributed by atoms with E-state index in [0.29, 0.717) is 11.2 Å². The number of aromatic nitrogens is 2. The highest BCUT2D eigenvalue weighted by molar-refractivity contribution is 9.10. The first kappa shape index (κ1) is 18.7. The topological polar surface area (TPSA) is 90.1 Å². The number of anilines is 1. The van der Waals surface area contributed by atoms with E-state index >= 15 is 0 Å². The van der Waals surface area contributed by atoms with E-state index in [0.717, 1.165) is 45.6 Å². The van der Waals surface area contributed by atoms with Gasteiger partial charge in [-0.05, 0) is 48.2 Å². The van der Waals surface area contributed by atoms with Crippen LogP contribution in [-0.4, -0.2) is 29.8 Å². The summed E-state index contributed by atoms with van der Waals surface area (Å²) < 4.78 is 6.45. The molecule has 0 aliphatic heterocycles. The summed E-state index contributed by atoms with van der Waals surface area (Å²) in [5.41, 5.74) is 8.95. The molecular formula is C21H21BrN4O2. The van der Waals surface area contributed by atoms with Gasteiger partial charge in [0.1, 0.15) is 5.75 Å². The summed E-state index contributed by atoms with van der Waals surface area (Å²) in [5, 5.41) is 12.5. The summed E-state index contributed by atoms with van der Waals surface area (Å²) in [6.45, 7) is 0.785. The highest BCUT2D eigenvalue weighted by Crippen LogP contribution is 2.36. The van der Waals surface area contributed by atoms with Gasteiger partial charge in [0, 0.05) is 22.0 Å². The van der Waals surface area contributed by atoms with Crippen molar-refractivity contribution in [2.75, 3.05) is 19.0 Å². The van der Waals surface area contributed by atoms with Crippen molar-refractivity contribution in [3.8, 4) is 16.9 Å². The number of carbonyl (C=O) groups is 1. The molecule has 7 heteroatoms. The van der Waals surface area contributed by atoms with Crippen LogP contribution in [0.15, 0.2) is 40.9 Å². The maximum atomic E-state index is 11.8. The van der Waals surface area contributed by atoms with Crippen LogP contribution in [0.1, 0.15) is 29.8 Å². The molecule has 1 fully saturated rings. The van der Waals surface area contributed by atoms with Gasteiger partial charge in [0.05, 0.1) is 18.3 Å². The Bertz CT molecular complexity index is 1050. The molecule has 1 aliphatic carbocycles. The van der Waals surface area contributed by atoms with Gasteiger partial charge in [-0.1, -0.05) is 34.8 Å². The normalized spacial score (nSPS) is 13.5. The Labute approximate surface area is 171 Å². The molecule has 144 valence electrons. The van der Waals surface area contributed by atoms with E-state index in [2.05, 4.69) is 31.4 Å². The number of benzene rings is 2. The molecule has 0 atom stereocenters. The molecule has 6 nitrogen and oxygen atoms in total. The molecule has 4 rings (SSSR count). The van der Waals surface area contributed by atoms with Gasteiger partial charge in [0.2, 0.25) is 0 Å². The summed E-state index contributed by atoms with van der Waals surface area (Å²) in [4.78, 5) is 11.8. The number of rotatable bonds is 7. The van der Waals surface area contributed by atoms with Crippen LogP contribution in [-0.2, 0) is 0 Å². The van der Waals surface area contributed by atoms with Gasteiger partial charge in [-0.25, -0.2) is 0 Å². The second-order valence-electron chi connectivity index (χ2n) is 7.02. The van der Waals surface area contributed by atoms with E-state index in [9.17, 15) is 4.79 Å². The lowest BCUT2D eigenvalue weighted by Gasteiger charge is -2.14. The molecule has 3 N–H and O–H groups in total. The lowest BCUT2D eigenvalue weighted by molar-refractivity contribution is 0.0995. The van der Waals surface area contributed by atoms with Crippen LogP contribution >= 0.6 is 15.9 Å². The van der Waals surface area contributed by atoms with Gasteiger partial charge in [-0.2, -0.15) is 0 Å². The third-order valence-electron chi connectivity index (χ3n) is 5.02. The van der Waals surface area contributed by atoms with Crippen LogP contribution in [0.2, 0.25) is 0 Å². The molecule has 0 spiro atoms. The number of hydrogen-bond donors (Lipinski definition) is 2. The minimum atomic E-state index is -0.582. The zero-order chi connectivity index (χ0) is 19.7. The van der Waals surface area contributed by atoms with Crippen LogP contribution < -0.4 is 15.8 Å². The lowest BCUT2D eigenvalue weighted by atomic mass is 10.0. The largest absolute Gasteiger partial charge is 0.496 e. The van der Waals surface area contributed by atoms with Crippen molar-refractivity contribution in [3.63, 3.8) is 0 Å². The molecule has 2 aromatic carbocycles. The summed E-state index contributed by atoms with van der Waals surface area (Å²) in [6, 6.07) is 11.7. The van der Waals surface area contributed by atoms with Crippen LogP contribution in [0.3, 0.4) is 0 Å². The van der Waals surface area contributed by atoms with Gasteiger partial charge in [0.25, 0.3) is 5.91 Å². The molecule has 0 radical (unpaired) electrons. The number of nitrogens with one attached hydrogen (secondary N) is 1. The summed E-state index contributed by atoms with van der Waals surface area (Å²) >= 11 is 3.51. The van der Waals surface area contributed by atoms with Crippen LogP contribution in [0.25, 0.3) is 22.0 Å². The predicted molar refractivity (Wildman–Crippen MR) is 114 cm³/mol. The third-order valence-corrected chi connectivity index (χ3v) is 5.51. The molecule has 1 heterocycles. The minimum Gasteiger partial charge on any atom is -0.496 e. The molecule has 0 bridgehead atoms. The van der Waals surface area contributed by atoms with E-state index in [1.807, 2.05) is 36.4 Å². The van der Waals surface area contributed by atoms with Gasteiger partial charge >= 0.3 is 0 Å². The average Bonchev–Trinajstić information content (AvgIpc) is 3.51. The Morgan fingerprint density at radius 3 is 2.79 bits per heavy atom. The Balaban J connectivity index is 1.76. The highest BCUT2D eigenvalue weighted by Gasteiger charge is 2.21. The fourth-order valence-corrected chi connectivity index (χ4v) is 3.70. The number of carbonyl (C=O) groups excluding carboxylic acids is 1. The zero-order valence-corrected chi connectivity index (χ0v) is 17.1. The molecular weight excluding hydrogens is 420 g/mol. The number of nitrogens with two attached hydrogens (primary N) is 1. The Morgan fingerprint density at radius 2 is 2.07 bits per heavy atom. The highest BCUT2D eigenvalue weighted by atomic mass is 79.9. The standard InChI is InChI=1S/C21H21BrN4O2/c1-28-18-7-5-14(22)11-16(18)13-4-6-15-17(10-13)25-26-20(21(23)27)19(15)24-9-8-12-2-3-12/h4-7,10-12H,2-3,8-9H2,1H3,(H2,23,27)(H,24,25). The van der Waals surface area contributed by atoms with E-state index < -0.39 is 5.91 Å². The number of nitrogens with zero attached hydrogens (tertiary/aromatic N) is 2. The number of fused-ring (bicyclic) bond motifs is 1. The van der Waals surface area contributed by atoms with Gasteiger partial charge < -0.3 is 15.8 Å². The molecule has 0 unspecified atom stereocenters. The average molecular weight is 441 g/mol. The number of halogens is 1. The van der Waals surface area contributed by atoms with Crippen LogP contribution in [0.4, 0.5) is 5.69 Å². The van der Waals surface area contributed by atoms with Crippen LogP contribution in [0.5, 0.6) is 5.75 Å². The fraction of sp³-hybridized carbons (Fsp3) is 0.286. The van der Waals surface area contributed by atoms with Crippen molar-refractivity contribution in [2.24, 2.45) is 11.7 Å². The third kappa shape index (κ3) is 3.80. The number of ether oxygens (including phenoxy) is 1. The fourth-order valence-electron chi connectivity index (χ4n) is 3.34. The molecule has 1 saturated carbocycles. The number of hydrogen-bond acceptors (Lipinski definition) is 5. The zero-order valence-electron chi connectivity index (χ0n) is 15.5. The summed E-state index contributed by atoms with van der Waals surface area (Å²) in [6.07, 6.45) is 3.66. The maximum absolute atomic E-state index is 11.8. The first-order valence-electron chi connectivity index (χ1n) is 9.25. The van der Waals surface area contributed by atoms with Crippen molar-refractivity contribution in [1.29, 1.82) is 0 Å². The second-order valence-corrected chi connectivity index (χ2v) is 7.94. The Kier molecular flexibility index (Phi) is 5.17. The molecule has 3 aromatic rings. The number of primary amides is 1. The van der Waals surface area contributed by atoms with Crippen molar-refractivity contribution in [3.05, 3.63) is 46.6 Å². The van der Waals surface area contributed by atoms with Gasteiger partial charge in [-0.15, -0.1) is 10.2 Å². The quantitative estimate of drug-likeness (QED) is 0.568. The Hall–Kier alpha value is -2.67. The van der Waals surface area contributed by atoms with Crippen molar-refractivity contribution < 1.29 is 9.53 Å². The van der Waals surface area contributed by atoms with Crippen molar-refractivity contribution in [2.45, 2.75) is 19.3 Å². The predicted octanol–water partition coefficient (Wildman–Crippen LogP) is 4.38. The molecule has 28 heavy (non-hydrogen) atoms. The first-order chi connectivity index (χ1) is 13.6. The second kappa shape index (κ2) is 7.75. The van der Waals surface area contributed by atoms with Gasteiger partial charge in [-0.3, -0.25) is 4.79 Å². The van der Waals surface area contributed by atoms with Gasteiger partial charge in [0.15, 0.2) is 5.69 Å². The lowest BCUT2D eigenvalue weighted by Crippen LogP contribution is -2.18. The summed E-state index contributed by atoms with van der Waals surface area (Å²) in [5.74, 6) is 0.981. The van der Waals surface area contributed by atoms with E-state index in [1.165, 1.54) is 12.8 Å². The smallest absolute Gasteiger partial charge is 0.271 e. The van der Waals surface area contributed by atoms with Crippen LogP contribution in [0, 0.1) is 5.92 Å². The van der Waals surface area contributed by atoms with E-state index in [1.54, 1.807) is 7.11 Å². The maximum Gasteiger partial charge on any atom is 0.271 e. The number of methoxy groups -OCH3 is 1.